The number of carbonyl (C=O) groups is 1. The number of para-hydroxylation sites is 1. The summed E-state index contributed by atoms with van der Waals surface area (Å²) in [7, 11) is 0. The van der Waals surface area contributed by atoms with E-state index < -0.39 is 5.56 Å². The molecule has 0 aliphatic carbocycles. The van der Waals surface area contributed by atoms with E-state index in [1.165, 1.54) is 0 Å². The smallest absolute Gasteiger partial charge is 0.270 e. The quantitative estimate of drug-likeness (QED) is 0.424. The minimum atomic E-state index is -0.550. The monoisotopic (exact) mass is 438 g/mol. The molecule has 30 heavy (non-hydrogen) atoms. The number of halogens is 1. The molecule has 1 amide bonds. The summed E-state index contributed by atoms with van der Waals surface area (Å²) in [6.07, 6.45) is 0. The van der Waals surface area contributed by atoms with Crippen LogP contribution in [0.4, 0.5) is 5.69 Å². The Morgan fingerprint density at radius 2 is 1.93 bits per heavy atom. The van der Waals surface area contributed by atoms with Crippen LogP contribution in [0.5, 0.6) is 0 Å². The first-order valence-electron chi connectivity index (χ1n) is 9.21. The fraction of sp³-hybridized carbons (Fsp3) is 0.182. The Bertz CT molecular complexity index is 1170. The molecule has 3 rings (SSSR count). The van der Waals surface area contributed by atoms with Crippen LogP contribution in [0, 0.1) is 11.3 Å². The predicted molar refractivity (Wildman–Crippen MR) is 120 cm³/mol. The number of hydrogen-bond donors (Lipinski definition) is 2. The maximum atomic E-state index is 12.4. The summed E-state index contributed by atoms with van der Waals surface area (Å²) in [4.78, 5) is 31.7. The van der Waals surface area contributed by atoms with Gasteiger partial charge in [0.25, 0.3) is 5.56 Å². The van der Waals surface area contributed by atoms with E-state index in [-0.39, 0.29) is 34.0 Å². The zero-order valence-corrected chi connectivity index (χ0v) is 18.0. The van der Waals surface area contributed by atoms with Gasteiger partial charge in [-0.25, -0.2) is 4.98 Å². The molecule has 152 valence electrons. The number of nitrogens with one attached hydrogen (secondary N) is 2. The SMILES string of the molecule is CC(C)c1ccccc1NC(=O)CSc1nc(-c2ccc(Cl)cc2)c(C#N)c(=O)[nH]1. The average Bonchev–Trinajstić information content (AvgIpc) is 2.72. The molecule has 0 spiro atoms. The summed E-state index contributed by atoms with van der Waals surface area (Å²) >= 11 is 7.01. The van der Waals surface area contributed by atoms with Gasteiger partial charge in [-0.2, -0.15) is 5.26 Å². The van der Waals surface area contributed by atoms with Gasteiger partial charge in [0.15, 0.2) is 5.16 Å². The number of hydrogen-bond acceptors (Lipinski definition) is 5. The third-order valence-corrected chi connectivity index (χ3v) is 5.45. The second kappa shape index (κ2) is 9.61. The van der Waals surface area contributed by atoms with Crippen LogP contribution >= 0.6 is 23.4 Å². The summed E-state index contributed by atoms with van der Waals surface area (Å²) in [6.45, 7) is 4.12. The maximum absolute atomic E-state index is 12.4. The van der Waals surface area contributed by atoms with Crippen molar-refractivity contribution in [2.45, 2.75) is 24.9 Å². The molecule has 0 saturated carbocycles. The Labute approximate surface area is 183 Å². The molecular formula is C22H19ClN4O2S. The molecule has 3 aromatic rings. The van der Waals surface area contributed by atoms with Gasteiger partial charge in [0.1, 0.15) is 11.6 Å². The Morgan fingerprint density at radius 1 is 1.23 bits per heavy atom. The van der Waals surface area contributed by atoms with Crippen LogP contribution in [0.2, 0.25) is 5.02 Å². The highest BCUT2D eigenvalue weighted by Gasteiger charge is 2.15. The number of aromatic amines is 1. The van der Waals surface area contributed by atoms with Crippen LogP contribution < -0.4 is 10.9 Å². The molecule has 0 fully saturated rings. The van der Waals surface area contributed by atoms with Crippen molar-refractivity contribution >= 4 is 35.0 Å². The second-order valence-electron chi connectivity index (χ2n) is 6.79. The first-order chi connectivity index (χ1) is 14.4. The first-order valence-corrected chi connectivity index (χ1v) is 10.6. The van der Waals surface area contributed by atoms with E-state index in [0.29, 0.717) is 10.6 Å². The summed E-state index contributed by atoms with van der Waals surface area (Å²) in [5.74, 6) is 0.113. The van der Waals surface area contributed by atoms with Crippen molar-refractivity contribution in [2.24, 2.45) is 0 Å². The molecule has 2 N–H and O–H groups in total. The lowest BCUT2D eigenvalue weighted by molar-refractivity contribution is -0.113. The van der Waals surface area contributed by atoms with Crippen molar-refractivity contribution in [1.82, 2.24) is 9.97 Å². The van der Waals surface area contributed by atoms with Gasteiger partial charge in [-0.15, -0.1) is 0 Å². The van der Waals surface area contributed by atoms with Crippen molar-refractivity contribution in [3.05, 3.63) is 75.0 Å². The van der Waals surface area contributed by atoms with Crippen molar-refractivity contribution < 1.29 is 4.79 Å². The number of anilines is 1. The largest absolute Gasteiger partial charge is 0.325 e. The molecular weight excluding hydrogens is 420 g/mol. The number of amides is 1. The van der Waals surface area contributed by atoms with Gasteiger partial charge in [0, 0.05) is 16.3 Å². The maximum Gasteiger partial charge on any atom is 0.270 e. The molecule has 1 aromatic heterocycles. The second-order valence-corrected chi connectivity index (χ2v) is 8.19. The molecule has 0 aliphatic rings. The molecule has 0 atom stereocenters. The van der Waals surface area contributed by atoms with Gasteiger partial charge in [-0.1, -0.05) is 67.5 Å². The number of carbonyl (C=O) groups excluding carboxylic acids is 1. The lowest BCUT2D eigenvalue weighted by Gasteiger charge is -2.13. The number of thioether (sulfide) groups is 1. The highest BCUT2D eigenvalue weighted by molar-refractivity contribution is 7.99. The molecule has 2 aromatic carbocycles. The van der Waals surface area contributed by atoms with Gasteiger partial charge < -0.3 is 10.3 Å². The van der Waals surface area contributed by atoms with Gasteiger partial charge in [-0.3, -0.25) is 9.59 Å². The molecule has 0 bridgehead atoms. The molecule has 0 saturated heterocycles. The number of rotatable bonds is 6. The summed E-state index contributed by atoms with van der Waals surface area (Å²) in [5.41, 5.74) is 2.03. The topological polar surface area (TPSA) is 98.6 Å². The Balaban J connectivity index is 1.79. The Kier molecular flexibility index (Phi) is 6.93. The fourth-order valence-electron chi connectivity index (χ4n) is 2.88. The third-order valence-electron chi connectivity index (χ3n) is 4.32. The molecule has 0 aliphatic heterocycles. The molecule has 0 radical (unpaired) electrons. The van der Waals surface area contributed by atoms with Gasteiger partial charge in [0.2, 0.25) is 5.91 Å². The normalized spacial score (nSPS) is 10.6. The number of aromatic nitrogens is 2. The van der Waals surface area contributed by atoms with Crippen LogP contribution in [-0.2, 0) is 4.79 Å². The Hall–Kier alpha value is -3.08. The highest BCUT2D eigenvalue weighted by atomic mass is 35.5. The summed E-state index contributed by atoms with van der Waals surface area (Å²) in [5, 5.41) is 13.1. The fourth-order valence-corrected chi connectivity index (χ4v) is 3.66. The van der Waals surface area contributed by atoms with Crippen LogP contribution in [0.3, 0.4) is 0 Å². The number of H-pyrrole nitrogens is 1. The van der Waals surface area contributed by atoms with Crippen LogP contribution in [0.15, 0.2) is 58.5 Å². The number of nitriles is 1. The number of nitrogens with zero attached hydrogens (tertiary/aromatic N) is 2. The van der Waals surface area contributed by atoms with E-state index in [0.717, 1.165) is 23.0 Å². The van der Waals surface area contributed by atoms with Crippen LogP contribution in [-0.4, -0.2) is 21.6 Å². The lowest BCUT2D eigenvalue weighted by Crippen LogP contribution is -2.18. The van der Waals surface area contributed by atoms with Gasteiger partial charge in [0.05, 0.1) is 11.4 Å². The van der Waals surface area contributed by atoms with E-state index in [4.69, 9.17) is 11.6 Å². The lowest BCUT2D eigenvalue weighted by atomic mass is 10.0. The van der Waals surface area contributed by atoms with Crippen molar-refractivity contribution in [2.75, 3.05) is 11.1 Å². The molecule has 6 nitrogen and oxygen atoms in total. The Morgan fingerprint density at radius 3 is 2.60 bits per heavy atom. The minimum absolute atomic E-state index is 0.0569. The first kappa shape index (κ1) is 21.6. The van der Waals surface area contributed by atoms with E-state index in [1.54, 1.807) is 24.3 Å². The minimum Gasteiger partial charge on any atom is -0.325 e. The summed E-state index contributed by atoms with van der Waals surface area (Å²) in [6, 6.07) is 16.2. The number of benzene rings is 2. The summed E-state index contributed by atoms with van der Waals surface area (Å²) < 4.78 is 0. The molecule has 0 unspecified atom stereocenters. The molecule has 8 heteroatoms. The van der Waals surface area contributed by atoms with Crippen molar-refractivity contribution in [3.8, 4) is 17.3 Å². The molecule has 1 heterocycles. The zero-order chi connectivity index (χ0) is 21.7. The zero-order valence-electron chi connectivity index (χ0n) is 16.4. The van der Waals surface area contributed by atoms with E-state index in [2.05, 4.69) is 29.1 Å². The predicted octanol–water partition coefficient (Wildman–Crippen LogP) is 4.82. The highest BCUT2D eigenvalue weighted by Crippen LogP contribution is 2.25. The third kappa shape index (κ3) is 5.09. The van der Waals surface area contributed by atoms with E-state index >= 15 is 0 Å². The van der Waals surface area contributed by atoms with Crippen molar-refractivity contribution in [3.63, 3.8) is 0 Å². The van der Waals surface area contributed by atoms with E-state index in [1.807, 2.05) is 30.3 Å². The van der Waals surface area contributed by atoms with Gasteiger partial charge >= 0.3 is 0 Å². The van der Waals surface area contributed by atoms with Crippen LogP contribution in [0.25, 0.3) is 11.3 Å². The van der Waals surface area contributed by atoms with Crippen molar-refractivity contribution in [1.29, 1.82) is 5.26 Å². The van der Waals surface area contributed by atoms with Crippen LogP contribution in [0.1, 0.15) is 30.9 Å². The van der Waals surface area contributed by atoms with Gasteiger partial charge in [-0.05, 0) is 29.7 Å². The average molecular weight is 439 g/mol. The standard InChI is InChI=1S/C22H19ClN4O2S/c1-13(2)16-5-3-4-6-18(16)25-19(28)12-30-22-26-20(17(11-24)21(29)27-22)14-7-9-15(23)10-8-14/h3-10,13H,12H2,1-2H3,(H,25,28)(H,26,27,29). The van der Waals surface area contributed by atoms with E-state index in [9.17, 15) is 14.9 Å².